The molecule has 0 spiro atoms. The Morgan fingerprint density at radius 1 is 1.33 bits per heavy atom. The Kier molecular flexibility index (Phi) is 5.32. The van der Waals surface area contributed by atoms with Crippen molar-refractivity contribution in [3.63, 3.8) is 0 Å². The Labute approximate surface area is 111 Å². The third kappa shape index (κ3) is 4.09. The average molecular weight is 250 g/mol. The zero-order valence-electron chi connectivity index (χ0n) is 12.2. The fourth-order valence-electron chi connectivity index (χ4n) is 2.14. The molecular formula is C15H26N2O. The van der Waals surface area contributed by atoms with Gasteiger partial charge in [-0.1, -0.05) is 23.8 Å². The SMILES string of the molecule is COC(C)(C)CCC(NN)c1ccc(C)cc1C. The van der Waals surface area contributed by atoms with Gasteiger partial charge >= 0.3 is 0 Å². The first kappa shape index (κ1) is 15.2. The minimum absolute atomic E-state index is 0.103. The fourth-order valence-corrected chi connectivity index (χ4v) is 2.14. The molecule has 0 bridgehead atoms. The number of aryl methyl sites for hydroxylation is 2. The maximum Gasteiger partial charge on any atom is 0.0623 e. The molecule has 0 aromatic heterocycles. The number of methoxy groups -OCH3 is 1. The number of benzene rings is 1. The summed E-state index contributed by atoms with van der Waals surface area (Å²) in [4.78, 5) is 0. The lowest BCUT2D eigenvalue weighted by Crippen LogP contribution is -2.31. The quantitative estimate of drug-likeness (QED) is 0.602. The third-order valence-electron chi connectivity index (χ3n) is 3.59. The molecule has 0 fully saturated rings. The first-order valence-corrected chi connectivity index (χ1v) is 6.48. The van der Waals surface area contributed by atoms with Gasteiger partial charge in [-0.25, -0.2) is 0 Å². The number of nitrogens with one attached hydrogen (secondary N) is 1. The fraction of sp³-hybridized carbons (Fsp3) is 0.600. The van der Waals surface area contributed by atoms with Gasteiger partial charge in [0.15, 0.2) is 0 Å². The first-order chi connectivity index (χ1) is 8.39. The maximum atomic E-state index is 5.69. The van der Waals surface area contributed by atoms with Crippen LogP contribution in [-0.4, -0.2) is 12.7 Å². The summed E-state index contributed by atoms with van der Waals surface area (Å²) < 4.78 is 5.45. The number of rotatable bonds is 6. The summed E-state index contributed by atoms with van der Waals surface area (Å²) in [6.07, 6.45) is 1.92. The first-order valence-electron chi connectivity index (χ1n) is 6.48. The second kappa shape index (κ2) is 6.32. The highest BCUT2D eigenvalue weighted by molar-refractivity contribution is 5.32. The Balaban J connectivity index is 2.77. The number of hydrogen-bond acceptors (Lipinski definition) is 3. The lowest BCUT2D eigenvalue weighted by Gasteiger charge is -2.26. The van der Waals surface area contributed by atoms with Gasteiger partial charge in [-0.3, -0.25) is 11.3 Å². The van der Waals surface area contributed by atoms with E-state index in [1.54, 1.807) is 7.11 Å². The average Bonchev–Trinajstić information content (AvgIpc) is 2.32. The van der Waals surface area contributed by atoms with E-state index in [1.807, 2.05) is 0 Å². The molecule has 0 heterocycles. The van der Waals surface area contributed by atoms with E-state index in [-0.39, 0.29) is 11.6 Å². The van der Waals surface area contributed by atoms with E-state index < -0.39 is 0 Å². The second-order valence-corrected chi connectivity index (χ2v) is 5.58. The summed E-state index contributed by atoms with van der Waals surface area (Å²) in [5, 5.41) is 0. The zero-order valence-corrected chi connectivity index (χ0v) is 12.2. The van der Waals surface area contributed by atoms with Crippen molar-refractivity contribution in [3.8, 4) is 0 Å². The van der Waals surface area contributed by atoms with Crippen molar-refractivity contribution < 1.29 is 4.74 Å². The molecule has 1 atom stereocenters. The normalized spacial score (nSPS) is 13.7. The van der Waals surface area contributed by atoms with Crippen LogP contribution < -0.4 is 11.3 Å². The Bertz CT molecular complexity index is 388. The van der Waals surface area contributed by atoms with Gasteiger partial charge in [-0.05, 0) is 51.7 Å². The highest BCUT2D eigenvalue weighted by Crippen LogP contribution is 2.26. The van der Waals surface area contributed by atoms with Crippen LogP contribution >= 0.6 is 0 Å². The number of ether oxygens (including phenoxy) is 1. The van der Waals surface area contributed by atoms with Crippen molar-refractivity contribution in [1.82, 2.24) is 5.43 Å². The van der Waals surface area contributed by atoms with E-state index in [4.69, 9.17) is 10.6 Å². The lowest BCUT2D eigenvalue weighted by molar-refractivity contribution is 0.0116. The van der Waals surface area contributed by atoms with Gasteiger partial charge in [-0.15, -0.1) is 0 Å². The van der Waals surface area contributed by atoms with Gasteiger partial charge in [0, 0.05) is 13.2 Å². The van der Waals surface area contributed by atoms with Crippen LogP contribution in [0.4, 0.5) is 0 Å². The molecule has 3 nitrogen and oxygen atoms in total. The molecule has 1 unspecified atom stereocenters. The summed E-state index contributed by atoms with van der Waals surface area (Å²) in [6.45, 7) is 8.44. The van der Waals surface area contributed by atoms with Gasteiger partial charge in [0.25, 0.3) is 0 Å². The van der Waals surface area contributed by atoms with E-state index in [0.717, 1.165) is 12.8 Å². The van der Waals surface area contributed by atoms with Gasteiger partial charge in [0.1, 0.15) is 0 Å². The summed E-state index contributed by atoms with van der Waals surface area (Å²) in [5.41, 5.74) is 6.66. The number of nitrogens with two attached hydrogens (primary N) is 1. The Morgan fingerprint density at radius 3 is 2.50 bits per heavy atom. The van der Waals surface area contributed by atoms with Gasteiger partial charge in [0.2, 0.25) is 0 Å². The van der Waals surface area contributed by atoms with Crippen LogP contribution in [0.25, 0.3) is 0 Å². The predicted octanol–water partition coefficient (Wildman–Crippen LogP) is 3.01. The summed E-state index contributed by atoms with van der Waals surface area (Å²) >= 11 is 0. The molecular weight excluding hydrogens is 224 g/mol. The molecule has 0 amide bonds. The Hall–Kier alpha value is -0.900. The lowest BCUT2D eigenvalue weighted by atomic mass is 9.92. The molecule has 0 saturated carbocycles. The molecule has 0 radical (unpaired) electrons. The van der Waals surface area contributed by atoms with Crippen molar-refractivity contribution in [1.29, 1.82) is 0 Å². The van der Waals surface area contributed by atoms with Gasteiger partial charge in [-0.2, -0.15) is 0 Å². The molecule has 1 rings (SSSR count). The van der Waals surface area contributed by atoms with Crippen molar-refractivity contribution in [2.75, 3.05) is 7.11 Å². The van der Waals surface area contributed by atoms with E-state index >= 15 is 0 Å². The van der Waals surface area contributed by atoms with Crippen LogP contribution in [0.5, 0.6) is 0 Å². The van der Waals surface area contributed by atoms with Crippen LogP contribution in [-0.2, 0) is 4.74 Å². The molecule has 3 heteroatoms. The molecule has 18 heavy (non-hydrogen) atoms. The molecule has 1 aromatic carbocycles. The minimum atomic E-state index is -0.103. The summed E-state index contributed by atoms with van der Waals surface area (Å²) in [5.74, 6) is 5.69. The van der Waals surface area contributed by atoms with Gasteiger partial charge < -0.3 is 4.74 Å². The van der Waals surface area contributed by atoms with Crippen LogP contribution in [0.3, 0.4) is 0 Å². The van der Waals surface area contributed by atoms with Crippen molar-refractivity contribution in [2.45, 2.75) is 52.2 Å². The van der Waals surface area contributed by atoms with Crippen molar-refractivity contribution in [2.24, 2.45) is 5.84 Å². The van der Waals surface area contributed by atoms with E-state index in [0.29, 0.717) is 0 Å². The number of hydrogen-bond donors (Lipinski definition) is 2. The highest BCUT2D eigenvalue weighted by atomic mass is 16.5. The maximum absolute atomic E-state index is 5.69. The smallest absolute Gasteiger partial charge is 0.0623 e. The monoisotopic (exact) mass is 250 g/mol. The minimum Gasteiger partial charge on any atom is -0.379 e. The summed E-state index contributed by atoms with van der Waals surface area (Å²) in [7, 11) is 1.75. The van der Waals surface area contributed by atoms with E-state index in [2.05, 4.69) is 51.3 Å². The molecule has 0 aliphatic rings. The standard InChI is InChI=1S/C15H26N2O/c1-11-6-7-13(12(2)10-11)14(17-16)8-9-15(3,4)18-5/h6-7,10,14,17H,8-9,16H2,1-5H3. The topological polar surface area (TPSA) is 47.3 Å². The molecule has 102 valence electrons. The second-order valence-electron chi connectivity index (χ2n) is 5.58. The third-order valence-corrected chi connectivity index (χ3v) is 3.59. The molecule has 3 N–H and O–H groups in total. The van der Waals surface area contributed by atoms with Crippen molar-refractivity contribution in [3.05, 3.63) is 34.9 Å². The summed E-state index contributed by atoms with van der Waals surface area (Å²) in [6, 6.07) is 6.67. The van der Waals surface area contributed by atoms with Crippen LogP contribution in [0.15, 0.2) is 18.2 Å². The largest absolute Gasteiger partial charge is 0.379 e. The van der Waals surface area contributed by atoms with Gasteiger partial charge in [0.05, 0.1) is 5.60 Å². The highest BCUT2D eigenvalue weighted by Gasteiger charge is 2.20. The zero-order chi connectivity index (χ0) is 13.8. The van der Waals surface area contributed by atoms with Crippen LogP contribution in [0, 0.1) is 13.8 Å². The van der Waals surface area contributed by atoms with Crippen LogP contribution in [0.1, 0.15) is 49.4 Å². The van der Waals surface area contributed by atoms with E-state index in [9.17, 15) is 0 Å². The molecule has 0 aliphatic carbocycles. The molecule has 0 saturated heterocycles. The molecule has 1 aromatic rings. The molecule has 0 aliphatic heterocycles. The Morgan fingerprint density at radius 2 is 2.00 bits per heavy atom. The predicted molar refractivity (Wildman–Crippen MR) is 76.3 cm³/mol. The number of hydrazine groups is 1. The van der Waals surface area contributed by atoms with Crippen molar-refractivity contribution >= 4 is 0 Å². The van der Waals surface area contributed by atoms with E-state index in [1.165, 1.54) is 16.7 Å². The van der Waals surface area contributed by atoms with Crippen LogP contribution in [0.2, 0.25) is 0 Å².